The molecule has 0 bridgehead atoms. The van der Waals surface area contributed by atoms with Crippen molar-refractivity contribution in [2.75, 3.05) is 0 Å². The van der Waals surface area contributed by atoms with Crippen molar-refractivity contribution >= 4 is 0 Å². The monoisotopic (exact) mass is 162 g/mol. The van der Waals surface area contributed by atoms with Gasteiger partial charge in [0.2, 0.25) is 0 Å². The van der Waals surface area contributed by atoms with Crippen LogP contribution in [0.25, 0.3) is 0 Å². The van der Waals surface area contributed by atoms with E-state index < -0.39 is 0 Å². The van der Waals surface area contributed by atoms with Crippen LogP contribution in [0.3, 0.4) is 0 Å². The highest BCUT2D eigenvalue weighted by atomic mass is 14.5. The van der Waals surface area contributed by atoms with Gasteiger partial charge >= 0.3 is 0 Å². The van der Waals surface area contributed by atoms with Gasteiger partial charge in [-0.15, -0.1) is 0 Å². The number of nitrogens with zero attached hydrogens (tertiary/aromatic N) is 2. The minimum atomic E-state index is -0.335. The third-order valence-electron chi connectivity index (χ3n) is 2.75. The lowest BCUT2D eigenvalue weighted by molar-refractivity contribution is 0.324. The number of rotatable bonds is 1. The van der Waals surface area contributed by atoms with E-state index in [1.165, 1.54) is 0 Å². The Labute approximate surface area is 73.8 Å². The summed E-state index contributed by atoms with van der Waals surface area (Å²) in [7, 11) is 0. The molecule has 1 unspecified atom stereocenters. The molecule has 0 spiro atoms. The van der Waals surface area contributed by atoms with Crippen LogP contribution in [0.2, 0.25) is 0 Å². The smallest absolute Gasteiger partial charge is 0.0709 e. The average molecular weight is 162 g/mol. The summed E-state index contributed by atoms with van der Waals surface area (Å²) in [6.07, 6.45) is 3.24. The van der Waals surface area contributed by atoms with Gasteiger partial charge in [-0.2, -0.15) is 10.5 Å². The first kappa shape index (κ1) is 9.07. The van der Waals surface area contributed by atoms with Crippen molar-refractivity contribution in [3.8, 4) is 12.1 Å². The molecule has 12 heavy (non-hydrogen) atoms. The van der Waals surface area contributed by atoms with Crippen LogP contribution in [-0.4, -0.2) is 0 Å². The predicted molar refractivity (Wildman–Crippen MR) is 45.9 cm³/mol. The van der Waals surface area contributed by atoms with Crippen LogP contribution in [-0.2, 0) is 0 Å². The van der Waals surface area contributed by atoms with Crippen LogP contribution >= 0.6 is 0 Å². The topological polar surface area (TPSA) is 47.6 Å². The van der Waals surface area contributed by atoms with Gasteiger partial charge in [-0.3, -0.25) is 0 Å². The van der Waals surface area contributed by atoms with Crippen molar-refractivity contribution < 1.29 is 0 Å². The highest BCUT2D eigenvalue weighted by Gasteiger charge is 2.43. The molecule has 64 valence electrons. The van der Waals surface area contributed by atoms with Crippen LogP contribution in [0.15, 0.2) is 0 Å². The second-order valence-corrected chi connectivity index (χ2v) is 4.57. The van der Waals surface area contributed by atoms with E-state index in [9.17, 15) is 0 Å². The fraction of sp³-hybridized carbons (Fsp3) is 0.800. The van der Waals surface area contributed by atoms with E-state index in [0.717, 1.165) is 19.3 Å². The van der Waals surface area contributed by atoms with Crippen LogP contribution in [0, 0.1) is 33.5 Å². The predicted octanol–water partition coefficient (Wildman–Crippen LogP) is 2.62. The summed E-state index contributed by atoms with van der Waals surface area (Å²) < 4.78 is 0. The molecule has 1 aliphatic carbocycles. The Morgan fingerprint density at radius 1 is 1.25 bits per heavy atom. The maximum absolute atomic E-state index is 8.98. The SMILES string of the molecule is CC1(C)CCC(C#N)(CC#N)C1. The maximum Gasteiger partial charge on any atom is 0.0709 e. The van der Waals surface area contributed by atoms with Crippen LogP contribution in [0.1, 0.15) is 39.5 Å². The Hall–Kier alpha value is -1.02. The molecule has 0 saturated heterocycles. The Bertz CT molecular complexity index is 254. The lowest BCUT2D eigenvalue weighted by Crippen LogP contribution is -2.15. The Morgan fingerprint density at radius 3 is 2.25 bits per heavy atom. The van der Waals surface area contributed by atoms with E-state index >= 15 is 0 Å². The van der Waals surface area contributed by atoms with Crippen molar-refractivity contribution in [2.24, 2.45) is 10.8 Å². The van der Waals surface area contributed by atoms with Gasteiger partial charge in [0.25, 0.3) is 0 Å². The average Bonchev–Trinajstić information content (AvgIpc) is 2.29. The first-order valence-electron chi connectivity index (χ1n) is 4.32. The summed E-state index contributed by atoms with van der Waals surface area (Å²) in [5, 5.41) is 17.6. The summed E-state index contributed by atoms with van der Waals surface area (Å²) >= 11 is 0. The van der Waals surface area contributed by atoms with Gasteiger partial charge in [0.1, 0.15) is 0 Å². The van der Waals surface area contributed by atoms with E-state index in [4.69, 9.17) is 10.5 Å². The Balaban J connectivity index is 2.76. The zero-order valence-corrected chi connectivity index (χ0v) is 7.72. The van der Waals surface area contributed by atoms with Crippen LogP contribution in [0.4, 0.5) is 0 Å². The summed E-state index contributed by atoms with van der Waals surface area (Å²) in [6, 6.07) is 4.43. The Kier molecular flexibility index (Phi) is 2.11. The number of nitriles is 2. The van der Waals surface area contributed by atoms with E-state index in [1.54, 1.807) is 0 Å². The van der Waals surface area contributed by atoms with Gasteiger partial charge in [0.15, 0.2) is 0 Å². The minimum Gasteiger partial charge on any atom is -0.198 e. The second kappa shape index (κ2) is 2.79. The third-order valence-corrected chi connectivity index (χ3v) is 2.75. The van der Waals surface area contributed by atoms with Crippen molar-refractivity contribution in [3.05, 3.63) is 0 Å². The highest BCUT2D eigenvalue weighted by molar-refractivity contribution is 5.09. The van der Waals surface area contributed by atoms with E-state index in [0.29, 0.717) is 6.42 Å². The van der Waals surface area contributed by atoms with Crippen LogP contribution in [0.5, 0.6) is 0 Å². The molecule has 2 heteroatoms. The molecular weight excluding hydrogens is 148 g/mol. The van der Waals surface area contributed by atoms with Crippen molar-refractivity contribution in [1.29, 1.82) is 10.5 Å². The van der Waals surface area contributed by atoms with Crippen LogP contribution < -0.4 is 0 Å². The van der Waals surface area contributed by atoms with E-state index in [-0.39, 0.29) is 10.8 Å². The summed E-state index contributed by atoms with van der Waals surface area (Å²) in [5.41, 5.74) is -0.0785. The van der Waals surface area contributed by atoms with Gasteiger partial charge in [0.05, 0.1) is 24.0 Å². The van der Waals surface area contributed by atoms with E-state index in [1.807, 2.05) is 0 Å². The van der Waals surface area contributed by atoms with Crippen molar-refractivity contribution in [2.45, 2.75) is 39.5 Å². The van der Waals surface area contributed by atoms with Gasteiger partial charge in [0, 0.05) is 0 Å². The first-order valence-corrected chi connectivity index (χ1v) is 4.32. The third kappa shape index (κ3) is 1.59. The molecule has 0 radical (unpaired) electrons. The van der Waals surface area contributed by atoms with E-state index in [2.05, 4.69) is 26.0 Å². The molecule has 0 aliphatic heterocycles. The molecule has 1 aliphatic rings. The molecule has 1 fully saturated rings. The normalized spacial score (nSPS) is 32.3. The molecule has 0 aromatic heterocycles. The van der Waals surface area contributed by atoms with Crippen molar-refractivity contribution in [3.63, 3.8) is 0 Å². The molecular formula is C10H14N2. The lowest BCUT2D eigenvalue weighted by atomic mass is 9.81. The van der Waals surface area contributed by atoms with Gasteiger partial charge in [-0.25, -0.2) is 0 Å². The molecule has 0 amide bonds. The molecule has 1 rings (SSSR count). The minimum absolute atomic E-state index is 0.257. The summed E-state index contributed by atoms with van der Waals surface area (Å²) in [5.74, 6) is 0. The number of hydrogen-bond donors (Lipinski definition) is 0. The second-order valence-electron chi connectivity index (χ2n) is 4.57. The molecule has 1 atom stereocenters. The molecule has 0 aromatic rings. The highest BCUT2D eigenvalue weighted by Crippen LogP contribution is 2.50. The molecule has 2 nitrogen and oxygen atoms in total. The fourth-order valence-corrected chi connectivity index (χ4v) is 2.11. The fourth-order valence-electron chi connectivity index (χ4n) is 2.11. The summed E-state index contributed by atoms with van der Waals surface area (Å²) in [4.78, 5) is 0. The molecule has 0 heterocycles. The molecule has 0 N–H and O–H groups in total. The molecule has 1 saturated carbocycles. The first-order chi connectivity index (χ1) is 5.54. The number of hydrogen-bond acceptors (Lipinski definition) is 2. The summed E-state index contributed by atoms with van der Waals surface area (Å²) in [6.45, 7) is 4.34. The molecule has 0 aromatic carbocycles. The Morgan fingerprint density at radius 2 is 1.92 bits per heavy atom. The van der Waals surface area contributed by atoms with Gasteiger partial charge < -0.3 is 0 Å². The quantitative estimate of drug-likeness (QED) is 0.595. The lowest BCUT2D eigenvalue weighted by Gasteiger charge is -2.20. The van der Waals surface area contributed by atoms with Gasteiger partial charge in [-0.05, 0) is 24.7 Å². The van der Waals surface area contributed by atoms with Crippen molar-refractivity contribution in [1.82, 2.24) is 0 Å². The standard InChI is InChI=1S/C10H14N2/c1-9(2)3-4-10(7-9,8-12)5-6-11/h3-5,7H2,1-2H3. The largest absolute Gasteiger partial charge is 0.198 e. The zero-order valence-electron chi connectivity index (χ0n) is 7.72. The maximum atomic E-state index is 8.98. The zero-order chi connectivity index (χ0) is 9.24. The van der Waals surface area contributed by atoms with Gasteiger partial charge in [-0.1, -0.05) is 13.8 Å².